The summed E-state index contributed by atoms with van der Waals surface area (Å²) in [6.45, 7) is 1.99. The van der Waals surface area contributed by atoms with Crippen LogP contribution in [0.3, 0.4) is 0 Å². The number of carbonyl (C=O) groups excluding carboxylic acids is 1. The number of methoxy groups -OCH3 is 2. The highest BCUT2D eigenvalue weighted by atomic mass is 35.5. The average Bonchev–Trinajstić information content (AvgIpc) is 2.84. The number of nitrogens with zero attached hydrogens (tertiary/aromatic N) is 2. The first-order valence-corrected chi connectivity index (χ1v) is 11.0. The molecule has 0 spiro atoms. The molecule has 2 aromatic heterocycles. The summed E-state index contributed by atoms with van der Waals surface area (Å²) in [5, 5.41) is 5.77. The largest absolute Gasteiger partial charge is 0.495 e. The van der Waals surface area contributed by atoms with Crippen molar-refractivity contribution < 1.29 is 19.0 Å². The number of hydrogen-bond donors (Lipinski definition) is 2. The number of aryl methyl sites for hydroxylation is 1. The van der Waals surface area contributed by atoms with Crippen molar-refractivity contribution in [3.8, 4) is 17.2 Å². The van der Waals surface area contributed by atoms with Crippen LogP contribution in [0.15, 0.2) is 65.6 Å². The molecule has 0 radical (unpaired) electrons. The molecule has 0 aliphatic carbocycles. The lowest BCUT2D eigenvalue weighted by Gasteiger charge is -2.14. The minimum atomic E-state index is -0.499. The first-order chi connectivity index (χ1) is 16.9. The van der Waals surface area contributed by atoms with Gasteiger partial charge in [0.25, 0.3) is 5.56 Å². The maximum absolute atomic E-state index is 12.6. The Morgan fingerprint density at radius 3 is 2.60 bits per heavy atom. The predicted octanol–water partition coefficient (Wildman–Crippen LogP) is 4.90. The van der Waals surface area contributed by atoms with Crippen LogP contribution in [0.2, 0.25) is 5.02 Å². The third-order valence-electron chi connectivity index (χ3n) is 5.14. The summed E-state index contributed by atoms with van der Waals surface area (Å²) in [6, 6.07) is 14.6. The fourth-order valence-electron chi connectivity index (χ4n) is 3.45. The van der Waals surface area contributed by atoms with Crippen molar-refractivity contribution in [2.45, 2.75) is 13.5 Å². The topological polar surface area (TPSA) is 103 Å². The van der Waals surface area contributed by atoms with Crippen molar-refractivity contribution in [3.05, 3.63) is 87.4 Å². The van der Waals surface area contributed by atoms with E-state index >= 15 is 0 Å². The van der Waals surface area contributed by atoms with Gasteiger partial charge in [0.2, 0.25) is 0 Å². The molecule has 2 heterocycles. The second-order valence-corrected chi connectivity index (χ2v) is 7.96. The Labute approximate surface area is 206 Å². The van der Waals surface area contributed by atoms with E-state index in [-0.39, 0.29) is 12.2 Å². The van der Waals surface area contributed by atoms with E-state index in [0.717, 1.165) is 5.56 Å². The van der Waals surface area contributed by atoms with Gasteiger partial charge in [-0.2, -0.15) is 0 Å². The molecule has 35 heavy (non-hydrogen) atoms. The number of rotatable bonds is 7. The predicted molar refractivity (Wildman–Crippen MR) is 134 cm³/mol. The Kier molecular flexibility index (Phi) is 7.07. The number of amides is 2. The first-order valence-electron chi connectivity index (χ1n) is 10.6. The molecule has 10 heteroatoms. The first kappa shape index (κ1) is 23.9. The van der Waals surface area contributed by atoms with Crippen LogP contribution in [0.5, 0.6) is 17.2 Å². The van der Waals surface area contributed by atoms with E-state index in [9.17, 15) is 9.59 Å². The SMILES string of the molecule is COc1cc(OC)c(NC(=O)Nc2cccc(OCc3cc(=O)n4cccc(C)c4n3)c2)cc1Cl. The molecule has 9 nitrogen and oxygen atoms in total. The Balaban J connectivity index is 1.44. The lowest BCUT2D eigenvalue weighted by Crippen LogP contribution is -2.20. The van der Waals surface area contributed by atoms with Gasteiger partial charge in [-0.15, -0.1) is 0 Å². The zero-order valence-corrected chi connectivity index (χ0v) is 20.1. The van der Waals surface area contributed by atoms with E-state index in [1.165, 1.54) is 24.7 Å². The highest BCUT2D eigenvalue weighted by Crippen LogP contribution is 2.36. The summed E-state index contributed by atoms with van der Waals surface area (Å²) in [4.78, 5) is 29.5. The van der Waals surface area contributed by atoms with Gasteiger partial charge in [-0.25, -0.2) is 9.78 Å². The number of anilines is 2. The number of halogens is 1. The number of nitrogens with one attached hydrogen (secondary N) is 2. The summed E-state index contributed by atoms with van der Waals surface area (Å²) in [7, 11) is 2.97. The van der Waals surface area contributed by atoms with Crippen LogP contribution >= 0.6 is 11.6 Å². The molecular formula is C25H23ClN4O5. The van der Waals surface area contributed by atoms with Crippen molar-refractivity contribution in [1.82, 2.24) is 9.38 Å². The molecule has 0 fully saturated rings. The van der Waals surface area contributed by atoms with E-state index in [1.807, 2.05) is 13.0 Å². The molecular weight excluding hydrogens is 472 g/mol. The fourth-order valence-corrected chi connectivity index (χ4v) is 3.69. The van der Waals surface area contributed by atoms with Crippen molar-refractivity contribution in [1.29, 1.82) is 0 Å². The molecule has 0 bridgehead atoms. The molecule has 2 aromatic carbocycles. The van der Waals surface area contributed by atoms with Crippen molar-refractivity contribution >= 4 is 34.7 Å². The molecule has 0 saturated carbocycles. The maximum Gasteiger partial charge on any atom is 0.323 e. The third kappa shape index (κ3) is 5.47. The average molecular weight is 495 g/mol. The molecule has 0 saturated heterocycles. The molecule has 4 aromatic rings. The molecule has 2 amide bonds. The second kappa shape index (κ2) is 10.4. The third-order valence-corrected chi connectivity index (χ3v) is 5.44. The molecule has 0 aliphatic heterocycles. The standard InChI is InChI=1S/C25H23ClN4O5/c1-15-6-5-9-30-23(31)11-17(27-24(15)30)14-35-18-8-4-7-16(10-18)28-25(32)29-20-12-19(26)21(33-2)13-22(20)34-3/h4-13H,14H2,1-3H3,(H2,28,29,32). The minimum Gasteiger partial charge on any atom is -0.495 e. The number of ether oxygens (including phenoxy) is 3. The van der Waals surface area contributed by atoms with Gasteiger partial charge in [-0.3, -0.25) is 9.20 Å². The zero-order valence-electron chi connectivity index (χ0n) is 19.3. The number of hydrogen-bond acceptors (Lipinski definition) is 6. The monoisotopic (exact) mass is 494 g/mol. The second-order valence-electron chi connectivity index (χ2n) is 7.55. The van der Waals surface area contributed by atoms with Crippen molar-refractivity contribution in [2.75, 3.05) is 24.9 Å². The van der Waals surface area contributed by atoms with Crippen LogP contribution in [0, 0.1) is 6.92 Å². The number of benzene rings is 2. The van der Waals surface area contributed by atoms with Gasteiger partial charge in [-0.1, -0.05) is 23.7 Å². The Morgan fingerprint density at radius 2 is 1.83 bits per heavy atom. The summed E-state index contributed by atoms with van der Waals surface area (Å²) < 4.78 is 17.8. The molecule has 4 rings (SSSR count). The van der Waals surface area contributed by atoms with Crippen LogP contribution in [0.25, 0.3) is 5.65 Å². The van der Waals surface area contributed by atoms with Gasteiger partial charge in [-0.05, 0) is 36.8 Å². The summed E-state index contributed by atoms with van der Waals surface area (Å²) >= 11 is 6.16. The number of aromatic nitrogens is 2. The van der Waals surface area contributed by atoms with Gasteiger partial charge < -0.3 is 24.8 Å². The van der Waals surface area contributed by atoms with Crippen LogP contribution in [0.4, 0.5) is 16.2 Å². The van der Waals surface area contributed by atoms with Crippen molar-refractivity contribution in [3.63, 3.8) is 0 Å². The van der Waals surface area contributed by atoms with Gasteiger partial charge in [0.05, 0.1) is 30.6 Å². The van der Waals surface area contributed by atoms with Crippen LogP contribution in [-0.2, 0) is 6.61 Å². The normalized spacial score (nSPS) is 10.6. The maximum atomic E-state index is 12.6. The molecule has 180 valence electrons. The van der Waals surface area contributed by atoms with Gasteiger partial charge in [0.15, 0.2) is 0 Å². The van der Waals surface area contributed by atoms with Crippen LogP contribution < -0.4 is 30.4 Å². The zero-order chi connectivity index (χ0) is 24.9. The lowest BCUT2D eigenvalue weighted by atomic mass is 10.2. The van der Waals surface area contributed by atoms with E-state index < -0.39 is 6.03 Å². The van der Waals surface area contributed by atoms with E-state index in [4.69, 9.17) is 25.8 Å². The highest BCUT2D eigenvalue weighted by Gasteiger charge is 2.13. The van der Waals surface area contributed by atoms with Crippen LogP contribution in [0.1, 0.15) is 11.3 Å². The van der Waals surface area contributed by atoms with E-state index in [1.54, 1.807) is 48.7 Å². The molecule has 0 unspecified atom stereocenters. The van der Waals surface area contributed by atoms with Crippen molar-refractivity contribution in [2.24, 2.45) is 0 Å². The molecule has 2 N–H and O–H groups in total. The van der Waals surface area contributed by atoms with Crippen LogP contribution in [-0.4, -0.2) is 29.6 Å². The Bertz CT molecular complexity index is 1450. The van der Waals surface area contributed by atoms with Gasteiger partial charge in [0, 0.05) is 30.1 Å². The Hall–Kier alpha value is -4.24. The van der Waals surface area contributed by atoms with Gasteiger partial charge >= 0.3 is 6.03 Å². The van der Waals surface area contributed by atoms with E-state index in [0.29, 0.717) is 45.0 Å². The fraction of sp³-hybridized carbons (Fsp3) is 0.160. The minimum absolute atomic E-state index is 0.0945. The smallest absolute Gasteiger partial charge is 0.323 e. The van der Waals surface area contributed by atoms with Gasteiger partial charge in [0.1, 0.15) is 29.5 Å². The number of pyridine rings is 1. The highest BCUT2D eigenvalue weighted by molar-refractivity contribution is 6.32. The number of urea groups is 1. The molecule has 0 atom stereocenters. The lowest BCUT2D eigenvalue weighted by molar-refractivity contribution is 0.262. The number of fused-ring (bicyclic) bond motifs is 1. The van der Waals surface area contributed by atoms with E-state index in [2.05, 4.69) is 15.6 Å². The summed E-state index contributed by atoms with van der Waals surface area (Å²) in [5.41, 5.74) is 2.67. The number of carbonyl (C=O) groups is 1. The summed E-state index contributed by atoms with van der Waals surface area (Å²) in [5.74, 6) is 1.32. The quantitative estimate of drug-likeness (QED) is 0.379. The Morgan fingerprint density at radius 1 is 1.03 bits per heavy atom. The summed E-state index contributed by atoms with van der Waals surface area (Å²) in [6.07, 6.45) is 1.68. The molecule has 0 aliphatic rings.